The van der Waals surface area contributed by atoms with Crippen molar-refractivity contribution in [2.24, 2.45) is 11.7 Å². The molecule has 0 aliphatic rings. The summed E-state index contributed by atoms with van der Waals surface area (Å²) in [6, 6.07) is -0.690. The van der Waals surface area contributed by atoms with E-state index < -0.39 is 24.2 Å². The van der Waals surface area contributed by atoms with Crippen molar-refractivity contribution in [2.75, 3.05) is 0 Å². The van der Waals surface area contributed by atoms with Gasteiger partial charge in [0.05, 0.1) is 0 Å². The highest BCUT2D eigenvalue weighted by atomic mass is 19.4. The highest BCUT2D eigenvalue weighted by Crippen LogP contribution is 2.13. The Bertz CT molecular complexity index is 240. The Kier molecular flexibility index (Phi) is 7.53. The minimum Gasteiger partial charge on any atom is -0.480 e. The number of carboxylic acids is 2. The Hall–Kier alpha value is -1.31. The minimum absolute atomic E-state index is 0.357. The van der Waals surface area contributed by atoms with Gasteiger partial charge in [0.2, 0.25) is 0 Å². The van der Waals surface area contributed by atoms with Crippen LogP contribution in [-0.4, -0.2) is 34.4 Å². The van der Waals surface area contributed by atoms with Crippen molar-refractivity contribution in [3.63, 3.8) is 0 Å². The van der Waals surface area contributed by atoms with Crippen LogP contribution in [0.2, 0.25) is 0 Å². The third kappa shape index (κ3) is 10.8. The number of hydrogen-bond acceptors (Lipinski definition) is 3. The van der Waals surface area contributed by atoms with Crippen LogP contribution in [-0.2, 0) is 9.59 Å². The van der Waals surface area contributed by atoms with E-state index in [-0.39, 0.29) is 0 Å². The van der Waals surface area contributed by atoms with Crippen molar-refractivity contribution in [2.45, 2.75) is 32.5 Å². The molecule has 0 aliphatic carbocycles. The van der Waals surface area contributed by atoms with Crippen molar-refractivity contribution < 1.29 is 33.0 Å². The minimum atomic E-state index is -5.08. The Balaban J connectivity index is 0. The van der Waals surface area contributed by atoms with Crippen molar-refractivity contribution >= 4 is 11.9 Å². The molecule has 16 heavy (non-hydrogen) atoms. The Morgan fingerprint density at radius 3 is 1.62 bits per heavy atom. The van der Waals surface area contributed by atoms with Crippen LogP contribution in [0.25, 0.3) is 0 Å². The maximum absolute atomic E-state index is 10.6. The molecule has 0 heterocycles. The normalized spacial score (nSPS) is 12.7. The highest BCUT2D eigenvalue weighted by molar-refractivity contribution is 5.73. The molecule has 0 saturated carbocycles. The lowest BCUT2D eigenvalue weighted by Crippen LogP contribution is -2.31. The van der Waals surface area contributed by atoms with Gasteiger partial charge in [-0.15, -0.1) is 0 Å². The molecule has 0 aromatic heterocycles. The summed E-state index contributed by atoms with van der Waals surface area (Å²) in [4.78, 5) is 19.0. The average molecular weight is 245 g/mol. The van der Waals surface area contributed by atoms with E-state index in [1.54, 1.807) is 0 Å². The standard InChI is InChI=1S/C6H13NO2.C2HF3O2/c1-4(2)3-5(7)6(8)9;3-2(4,5)1(6)7/h4-5H,3,7H2,1-2H3,(H,8,9);(H,6,7)/t5-;/m1./s1. The van der Waals surface area contributed by atoms with Gasteiger partial charge in [-0.1, -0.05) is 13.8 Å². The maximum atomic E-state index is 10.6. The van der Waals surface area contributed by atoms with Gasteiger partial charge in [0.25, 0.3) is 0 Å². The second kappa shape index (κ2) is 7.04. The zero-order valence-electron chi connectivity index (χ0n) is 8.78. The van der Waals surface area contributed by atoms with E-state index in [9.17, 15) is 18.0 Å². The molecule has 96 valence electrons. The van der Waals surface area contributed by atoms with Crippen LogP contribution in [0, 0.1) is 5.92 Å². The average Bonchev–Trinajstić information content (AvgIpc) is 2.01. The van der Waals surface area contributed by atoms with Crippen LogP contribution in [0.3, 0.4) is 0 Å². The van der Waals surface area contributed by atoms with Crippen molar-refractivity contribution in [1.29, 1.82) is 0 Å². The van der Waals surface area contributed by atoms with Crippen LogP contribution in [0.4, 0.5) is 13.2 Å². The van der Waals surface area contributed by atoms with Gasteiger partial charge >= 0.3 is 18.1 Å². The molecule has 4 N–H and O–H groups in total. The number of alkyl halides is 3. The number of rotatable bonds is 3. The van der Waals surface area contributed by atoms with Crippen molar-refractivity contribution in [1.82, 2.24) is 0 Å². The van der Waals surface area contributed by atoms with Crippen LogP contribution < -0.4 is 5.73 Å². The molecule has 0 amide bonds. The van der Waals surface area contributed by atoms with Crippen LogP contribution in [0.15, 0.2) is 0 Å². The molecule has 1 atom stereocenters. The fourth-order valence-electron chi connectivity index (χ4n) is 0.609. The third-order valence-corrected chi connectivity index (χ3v) is 1.29. The molecular formula is C8H14F3NO4. The van der Waals surface area contributed by atoms with E-state index in [4.69, 9.17) is 20.7 Å². The topological polar surface area (TPSA) is 101 Å². The van der Waals surface area contributed by atoms with Gasteiger partial charge < -0.3 is 15.9 Å². The summed E-state index contributed by atoms with van der Waals surface area (Å²) < 4.78 is 31.7. The van der Waals surface area contributed by atoms with E-state index in [1.165, 1.54) is 0 Å². The Labute approximate surface area is 90.0 Å². The summed E-state index contributed by atoms with van der Waals surface area (Å²) in [6.45, 7) is 3.89. The van der Waals surface area contributed by atoms with Crippen LogP contribution in [0.1, 0.15) is 20.3 Å². The van der Waals surface area contributed by atoms with Gasteiger partial charge in [0.15, 0.2) is 0 Å². The molecule has 0 fully saturated rings. The number of aliphatic carboxylic acids is 2. The highest BCUT2D eigenvalue weighted by Gasteiger charge is 2.38. The van der Waals surface area contributed by atoms with E-state index in [0.29, 0.717) is 12.3 Å². The van der Waals surface area contributed by atoms with Gasteiger partial charge in [0.1, 0.15) is 6.04 Å². The lowest BCUT2D eigenvalue weighted by molar-refractivity contribution is -0.192. The predicted molar refractivity (Wildman–Crippen MR) is 48.8 cm³/mol. The van der Waals surface area contributed by atoms with E-state index in [0.717, 1.165) is 0 Å². The van der Waals surface area contributed by atoms with Gasteiger partial charge in [0, 0.05) is 0 Å². The fourth-order valence-corrected chi connectivity index (χ4v) is 0.609. The monoisotopic (exact) mass is 245 g/mol. The molecule has 0 aromatic carbocycles. The first-order valence-electron chi connectivity index (χ1n) is 4.27. The van der Waals surface area contributed by atoms with E-state index in [2.05, 4.69) is 0 Å². The first-order chi connectivity index (χ1) is 6.98. The van der Waals surface area contributed by atoms with Crippen LogP contribution in [0.5, 0.6) is 0 Å². The predicted octanol–water partition coefficient (Wildman–Crippen LogP) is 1.08. The first-order valence-corrected chi connectivity index (χ1v) is 4.27. The number of nitrogens with two attached hydrogens (primary N) is 1. The van der Waals surface area contributed by atoms with Gasteiger partial charge in [-0.3, -0.25) is 4.79 Å². The summed E-state index contributed by atoms with van der Waals surface area (Å²) in [7, 11) is 0. The smallest absolute Gasteiger partial charge is 0.480 e. The second-order valence-electron chi connectivity index (χ2n) is 3.38. The second-order valence-corrected chi connectivity index (χ2v) is 3.38. The summed E-state index contributed by atoms with van der Waals surface area (Å²) in [5.41, 5.74) is 5.22. The number of carbonyl (C=O) groups is 2. The molecule has 0 aliphatic heterocycles. The van der Waals surface area contributed by atoms with Crippen LogP contribution >= 0.6 is 0 Å². The van der Waals surface area contributed by atoms with Gasteiger partial charge in [-0.05, 0) is 12.3 Å². The van der Waals surface area contributed by atoms with Crippen molar-refractivity contribution in [3.05, 3.63) is 0 Å². The molecule has 0 radical (unpaired) electrons. The summed E-state index contributed by atoms with van der Waals surface area (Å²) in [5, 5.41) is 15.4. The molecular weight excluding hydrogens is 231 g/mol. The first kappa shape index (κ1) is 17.1. The molecule has 0 rings (SSSR count). The van der Waals surface area contributed by atoms with E-state index >= 15 is 0 Å². The maximum Gasteiger partial charge on any atom is 0.490 e. The molecule has 0 spiro atoms. The lowest BCUT2D eigenvalue weighted by Gasteiger charge is -2.07. The summed E-state index contributed by atoms with van der Waals surface area (Å²) in [6.07, 6.45) is -4.53. The zero-order valence-corrected chi connectivity index (χ0v) is 8.78. The quantitative estimate of drug-likeness (QED) is 0.690. The van der Waals surface area contributed by atoms with E-state index in [1.807, 2.05) is 13.8 Å². The number of hydrogen-bond donors (Lipinski definition) is 3. The molecule has 8 heteroatoms. The lowest BCUT2D eigenvalue weighted by atomic mass is 10.1. The summed E-state index contributed by atoms with van der Waals surface area (Å²) in [5.74, 6) is -3.31. The zero-order chi connectivity index (χ0) is 13.5. The molecule has 0 unspecified atom stereocenters. The number of carboxylic acid groups (broad SMARTS) is 2. The Morgan fingerprint density at radius 2 is 1.56 bits per heavy atom. The van der Waals surface area contributed by atoms with Gasteiger partial charge in [-0.2, -0.15) is 13.2 Å². The Morgan fingerprint density at radius 1 is 1.25 bits per heavy atom. The fraction of sp³-hybridized carbons (Fsp3) is 0.750. The summed E-state index contributed by atoms with van der Waals surface area (Å²) >= 11 is 0. The molecule has 5 nitrogen and oxygen atoms in total. The van der Waals surface area contributed by atoms with Gasteiger partial charge in [-0.25, -0.2) is 4.79 Å². The molecule has 0 saturated heterocycles. The molecule has 0 aromatic rings. The molecule has 0 bridgehead atoms. The number of halogens is 3. The largest absolute Gasteiger partial charge is 0.490 e. The third-order valence-electron chi connectivity index (χ3n) is 1.29. The SMILES string of the molecule is CC(C)C[C@@H](N)C(=O)O.O=C(O)C(F)(F)F. The van der Waals surface area contributed by atoms with Crippen molar-refractivity contribution in [3.8, 4) is 0 Å².